The summed E-state index contributed by atoms with van der Waals surface area (Å²) in [6.45, 7) is 11.5. The molecule has 0 radical (unpaired) electrons. The summed E-state index contributed by atoms with van der Waals surface area (Å²) in [6, 6.07) is 5.58. The minimum atomic E-state index is -3.13. The van der Waals surface area contributed by atoms with Gasteiger partial charge in [-0.3, -0.25) is 9.97 Å². The Bertz CT molecular complexity index is 877. The van der Waals surface area contributed by atoms with E-state index < -0.39 is 15.1 Å². The fourth-order valence-corrected chi connectivity index (χ4v) is 2.64. The van der Waals surface area contributed by atoms with E-state index >= 15 is 0 Å². The van der Waals surface area contributed by atoms with Crippen LogP contribution in [0.3, 0.4) is 0 Å². The molecule has 6 heteroatoms. The third-order valence-corrected chi connectivity index (χ3v) is 5.35. The molecule has 2 heterocycles. The lowest BCUT2D eigenvalue weighted by Crippen LogP contribution is -2.12. The Morgan fingerprint density at radius 1 is 1.18 bits per heavy atom. The van der Waals surface area contributed by atoms with Crippen LogP contribution in [0.25, 0.3) is 16.8 Å². The van der Waals surface area contributed by atoms with Gasteiger partial charge in [0.2, 0.25) is 0 Å². The average molecular weight is 423 g/mol. The van der Waals surface area contributed by atoms with Crippen molar-refractivity contribution in [1.82, 2.24) is 9.97 Å². The molecule has 0 aromatic carbocycles. The summed E-state index contributed by atoms with van der Waals surface area (Å²) in [5, 5.41) is -0.0528. The number of hydrogen-bond acceptors (Lipinski definition) is 4. The number of sulfone groups is 1. The minimum absolute atomic E-state index is 0.515. The van der Waals surface area contributed by atoms with Crippen molar-refractivity contribution >= 4 is 27.0 Å². The standard InChI is InChI=1S/C18H19ClN2O2S.2C2H6/c1-4-14(8-7-13(2)24(3,22)23)17-10-16(19)12-21-18(17)15-6-5-9-20-11-15;2*1-2/h4-13H,1-3H3;2*1-2H3/b8-7-,14-4+;;. The van der Waals surface area contributed by atoms with Gasteiger partial charge in [0, 0.05) is 36.0 Å². The number of rotatable bonds is 5. The van der Waals surface area contributed by atoms with Crippen LogP contribution in [-0.4, -0.2) is 29.9 Å². The third kappa shape index (κ3) is 7.95. The Labute approximate surface area is 175 Å². The predicted molar refractivity (Wildman–Crippen MR) is 122 cm³/mol. The van der Waals surface area contributed by atoms with Crippen molar-refractivity contribution in [3.05, 3.63) is 65.6 Å². The van der Waals surface area contributed by atoms with Gasteiger partial charge in [-0.2, -0.15) is 0 Å². The number of allylic oxidation sites excluding steroid dienone is 3. The van der Waals surface area contributed by atoms with E-state index in [1.165, 1.54) is 6.26 Å². The molecule has 2 aromatic heterocycles. The Morgan fingerprint density at radius 2 is 1.82 bits per heavy atom. The summed E-state index contributed by atoms with van der Waals surface area (Å²) in [7, 11) is -3.13. The molecular weight excluding hydrogens is 392 g/mol. The van der Waals surface area contributed by atoms with Crippen LogP contribution in [0.2, 0.25) is 5.02 Å². The SMILES string of the molecule is C/C=C(\C=C/C(C)S(C)(=O)=O)c1cc(Cl)cnc1-c1cccnc1.CC.CC. The highest BCUT2D eigenvalue weighted by Gasteiger charge is 2.13. The van der Waals surface area contributed by atoms with Crippen LogP contribution in [0, 0.1) is 0 Å². The van der Waals surface area contributed by atoms with Gasteiger partial charge in [0.1, 0.15) is 0 Å². The molecule has 1 unspecified atom stereocenters. The monoisotopic (exact) mass is 422 g/mol. The van der Waals surface area contributed by atoms with Crippen LogP contribution in [0.5, 0.6) is 0 Å². The second kappa shape index (κ2) is 13.2. The summed E-state index contributed by atoms with van der Waals surface area (Å²) in [5.41, 5.74) is 3.29. The van der Waals surface area contributed by atoms with Crippen LogP contribution >= 0.6 is 11.6 Å². The highest BCUT2D eigenvalue weighted by molar-refractivity contribution is 7.91. The Hall–Kier alpha value is -1.98. The number of aromatic nitrogens is 2. The molecule has 0 bridgehead atoms. The molecule has 4 nitrogen and oxygen atoms in total. The largest absolute Gasteiger partial charge is 0.264 e. The molecule has 0 N–H and O–H groups in total. The smallest absolute Gasteiger partial charge is 0.153 e. The van der Waals surface area contributed by atoms with Gasteiger partial charge < -0.3 is 0 Å². The van der Waals surface area contributed by atoms with Crippen molar-refractivity contribution in [2.75, 3.05) is 6.26 Å². The zero-order valence-electron chi connectivity index (χ0n) is 17.8. The van der Waals surface area contributed by atoms with Gasteiger partial charge in [0.15, 0.2) is 9.84 Å². The Balaban J connectivity index is 0.00000171. The molecule has 2 rings (SSSR count). The lowest BCUT2D eigenvalue weighted by atomic mass is 9.99. The second-order valence-electron chi connectivity index (χ2n) is 5.43. The minimum Gasteiger partial charge on any atom is -0.264 e. The first-order chi connectivity index (χ1) is 13.3. The number of pyridine rings is 2. The topological polar surface area (TPSA) is 59.9 Å². The van der Waals surface area contributed by atoms with Crippen molar-refractivity contribution in [2.24, 2.45) is 0 Å². The van der Waals surface area contributed by atoms with Gasteiger partial charge in [-0.15, -0.1) is 0 Å². The molecule has 0 aliphatic heterocycles. The number of nitrogens with zero attached hydrogens (tertiary/aromatic N) is 2. The van der Waals surface area contributed by atoms with E-state index in [0.29, 0.717) is 5.02 Å². The van der Waals surface area contributed by atoms with E-state index in [1.807, 2.05) is 58.9 Å². The normalized spacial score (nSPS) is 12.5. The van der Waals surface area contributed by atoms with Crippen LogP contribution in [0.1, 0.15) is 47.1 Å². The van der Waals surface area contributed by atoms with E-state index in [1.54, 1.807) is 37.7 Å². The first kappa shape index (κ1) is 26.0. The second-order valence-corrected chi connectivity index (χ2v) is 8.27. The van der Waals surface area contributed by atoms with Crippen LogP contribution in [-0.2, 0) is 9.84 Å². The zero-order valence-corrected chi connectivity index (χ0v) is 19.3. The van der Waals surface area contributed by atoms with Crippen LogP contribution in [0.15, 0.2) is 55.0 Å². The molecule has 0 spiro atoms. The van der Waals surface area contributed by atoms with Crippen molar-refractivity contribution in [2.45, 2.75) is 46.8 Å². The molecule has 0 fully saturated rings. The molecular formula is C22H31ClN2O2S. The van der Waals surface area contributed by atoms with Crippen molar-refractivity contribution in [3.8, 4) is 11.3 Å². The highest BCUT2D eigenvalue weighted by atomic mass is 35.5. The molecule has 154 valence electrons. The quantitative estimate of drug-likeness (QED) is 0.535. The van der Waals surface area contributed by atoms with E-state index in [9.17, 15) is 8.42 Å². The lowest BCUT2D eigenvalue weighted by molar-refractivity contribution is 0.597. The molecule has 1 atom stereocenters. The molecule has 2 aromatic rings. The average Bonchev–Trinajstić information content (AvgIpc) is 2.71. The van der Waals surface area contributed by atoms with Crippen LogP contribution in [0.4, 0.5) is 0 Å². The zero-order chi connectivity index (χ0) is 21.7. The summed E-state index contributed by atoms with van der Waals surface area (Å²) in [4.78, 5) is 8.55. The molecule has 0 aliphatic rings. The fourth-order valence-electron chi connectivity index (χ4n) is 2.12. The Kier molecular flexibility index (Phi) is 12.3. The summed E-state index contributed by atoms with van der Waals surface area (Å²) in [5.74, 6) is 0. The first-order valence-corrected chi connectivity index (χ1v) is 11.8. The fraction of sp³-hybridized carbons (Fsp3) is 0.364. The summed E-state index contributed by atoms with van der Waals surface area (Å²) >= 11 is 6.12. The lowest BCUT2D eigenvalue weighted by Gasteiger charge is -2.11. The van der Waals surface area contributed by atoms with Crippen molar-refractivity contribution in [3.63, 3.8) is 0 Å². The van der Waals surface area contributed by atoms with Crippen molar-refractivity contribution in [1.29, 1.82) is 0 Å². The van der Waals surface area contributed by atoms with Gasteiger partial charge in [-0.05, 0) is 37.6 Å². The Morgan fingerprint density at radius 3 is 2.32 bits per heavy atom. The summed E-state index contributed by atoms with van der Waals surface area (Å²) < 4.78 is 23.2. The maximum absolute atomic E-state index is 11.6. The maximum Gasteiger partial charge on any atom is 0.153 e. The van der Waals surface area contributed by atoms with E-state index in [2.05, 4.69) is 9.97 Å². The van der Waals surface area contributed by atoms with E-state index in [-0.39, 0.29) is 0 Å². The molecule has 0 aliphatic carbocycles. The van der Waals surface area contributed by atoms with Gasteiger partial charge in [0.05, 0.1) is 16.0 Å². The first-order valence-electron chi connectivity index (χ1n) is 9.42. The van der Waals surface area contributed by atoms with Crippen LogP contribution < -0.4 is 0 Å². The third-order valence-electron chi connectivity index (χ3n) is 3.63. The van der Waals surface area contributed by atoms with E-state index in [0.717, 1.165) is 22.4 Å². The summed E-state index contributed by atoms with van der Waals surface area (Å²) in [6.07, 6.45) is 11.6. The molecule has 0 amide bonds. The predicted octanol–water partition coefficient (Wildman–Crippen LogP) is 6.24. The molecule has 0 saturated carbocycles. The van der Waals surface area contributed by atoms with Crippen molar-refractivity contribution < 1.29 is 8.42 Å². The van der Waals surface area contributed by atoms with Gasteiger partial charge in [-0.1, -0.05) is 57.5 Å². The van der Waals surface area contributed by atoms with E-state index in [4.69, 9.17) is 11.6 Å². The number of halogens is 1. The van der Waals surface area contributed by atoms with Gasteiger partial charge >= 0.3 is 0 Å². The maximum atomic E-state index is 11.6. The highest BCUT2D eigenvalue weighted by Crippen LogP contribution is 2.29. The number of hydrogen-bond donors (Lipinski definition) is 0. The molecule has 0 saturated heterocycles. The van der Waals surface area contributed by atoms with Gasteiger partial charge in [-0.25, -0.2) is 8.42 Å². The van der Waals surface area contributed by atoms with Gasteiger partial charge in [0.25, 0.3) is 0 Å². The molecule has 28 heavy (non-hydrogen) atoms.